The van der Waals surface area contributed by atoms with Crippen molar-refractivity contribution in [2.75, 3.05) is 34.1 Å². The second kappa shape index (κ2) is 8.29. The summed E-state index contributed by atoms with van der Waals surface area (Å²) < 4.78 is 9.80. The van der Waals surface area contributed by atoms with Gasteiger partial charge in [0.2, 0.25) is 0 Å². The summed E-state index contributed by atoms with van der Waals surface area (Å²) in [7, 11) is 3.51. The minimum absolute atomic E-state index is 0.356. The van der Waals surface area contributed by atoms with Crippen LogP contribution in [0, 0.1) is 0 Å². The van der Waals surface area contributed by atoms with Crippen molar-refractivity contribution in [3.63, 3.8) is 0 Å². The van der Waals surface area contributed by atoms with E-state index in [2.05, 4.69) is 5.10 Å². The summed E-state index contributed by atoms with van der Waals surface area (Å²) in [5.74, 6) is 4.96. The second-order valence-electron chi connectivity index (χ2n) is 2.41. The third kappa shape index (κ3) is 7.30. The molecule has 0 saturated carbocycles. The Morgan fingerprint density at radius 2 is 2.33 bits per heavy atom. The Morgan fingerprint density at radius 1 is 1.58 bits per heavy atom. The lowest BCUT2D eigenvalue weighted by Gasteiger charge is -2.11. The van der Waals surface area contributed by atoms with Gasteiger partial charge in [0.1, 0.15) is 13.1 Å². The van der Waals surface area contributed by atoms with Crippen LogP contribution in [0.1, 0.15) is 6.42 Å². The van der Waals surface area contributed by atoms with Crippen molar-refractivity contribution in [2.24, 2.45) is 10.9 Å². The topological polar surface area (TPSA) is 60.1 Å². The third-order valence-electron chi connectivity index (χ3n) is 1.26. The Bertz CT molecular complexity index is 119. The summed E-state index contributed by atoms with van der Waals surface area (Å²) in [6, 6.07) is 0. The zero-order chi connectivity index (χ0) is 9.23. The fraction of sp³-hybridized carbons (Fsp3) is 0.857. The first-order valence-electron chi connectivity index (χ1n) is 3.81. The van der Waals surface area contributed by atoms with Crippen LogP contribution in [-0.2, 0) is 9.47 Å². The second-order valence-corrected chi connectivity index (χ2v) is 2.41. The molecular formula is C7H17N3O2. The molecule has 0 bridgehead atoms. The minimum atomic E-state index is 0.356. The smallest absolute Gasteiger partial charge is 0.146 e. The van der Waals surface area contributed by atoms with E-state index in [9.17, 15) is 0 Å². The maximum atomic E-state index is 5.09. The summed E-state index contributed by atoms with van der Waals surface area (Å²) in [6.45, 7) is 1.93. The number of hydrogen-bond donors (Lipinski definition) is 1. The van der Waals surface area contributed by atoms with E-state index in [1.54, 1.807) is 13.4 Å². The van der Waals surface area contributed by atoms with Crippen molar-refractivity contribution in [1.82, 2.24) is 4.90 Å². The molecule has 0 unspecified atom stereocenters. The average Bonchev–Trinajstić information content (AvgIpc) is 2.05. The fourth-order valence-electron chi connectivity index (χ4n) is 0.730. The predicted molar refractivity (Wildman–Crippen MR) is 47.8 cm³/mol. The van der Waals surface area contributed by atoms with Gasteiger partial charge in [0.15, 0.2) is 0 Å². The first kappa shape index (κ1) is 11.2. The standard InChI is InChI=1S/C7H17N3O2/c1-10(6-9-8)4-3-5-12-7-11-2/h6H,3-5,7-8H2,1-2H3. The Balaban J connectivity index is 3.08. The van der Waals surface area contributed by atoms with Crippen LogP contribution in [0.15, 0.2) is 5.10 Å². The Kier molecular flexibility index (Phi) is 7.73. The zero-order valence-corrected chi connectivity index (χ0v) is 7.69. The molecule has 0 aliphatic carbocycles. The number of rotatable bonds is 7. The quantitative estimate of drug-likeness (QED) is 0.146. The van der Waals surface area contributed by atoms with Crippen molar-refractivity contribution in [3.8, 4) is 0 Å². The lowest BCUT2D eigenvalue weighted by molar-refractivity contribution is -0.0316. The molecule has 5 nitrogen and oxygen atoms in total. The van der Waals surface area contributed by atoms with E-state index >= 15 is 0 Å². The van der Waals surface area contributed by atoms with E-state index in [-0.39, 0.29) is 0 Å². The molecule has 0 fully saturated rings. The molecule has 0 rings (SSSR count). The van der Waals surface area contributed by atoms with Crippen LogP contribution in [0.2, 0.25) is 0 Å². The van der Waals surface area contributed by atoms with Crippen LogP contribution in [0.3, 0.4) is 0 Å². The van der Waals surface area contributed by atoms with Gasteiger partial charge in [-0.15, -0.1) is 0 Å². The molecule has 0 aliphatic heterocycles. The summed E-state index contributed by atoms with van der Waals surface area (Å²) in [6.07, 6.45) is 2.52. The molecule has 5 heteroatoms. The van der Waals surface area contributed by atoms with E-state index in [0.29, 0.717) is 13.4 Å². The molecule has 72 valence electrons. The van der Waals surface area contributed by atoms with Gasteiger partial charge in [-0.05, 0) is 6.42 Å². The lowest BCUT2D eigenvalue weighted by atomic mass is 10.4. The van der Waals surface area contributed by atoms with Crippen molar-refractivity contribution in [2.45, 2.75) is 6.42 Å². The van der Waals surface area contributed by atoms with Crippen LogP contribution < -0.4 is 5.84 Å². The monoisotopic (exact) mass is 175 g/mol. The minimum Gasteiger partial charge on any atom is -0.364 e. The van der Waals surface area contributed by atoms with E-state index in [4.69, 9.17) is 15.3 Å². The number of ether oxygens (including phenoxy) is 2. The van der Waals surface area contributed by atoms with Crippen LogP contribution in [0.4, 0.5) is 0 Å². The molecule has 0 aromatic rings. The molecule has 0 saturated heterocycles. The highest BCUT2D eigenvalue weighted by Crippen LogP contribution is 1.85. The fourth-order valence-corrected chi connectivity index (χ4v) is 0.730. The lowest BCUT2D eigenvalue weighted by Crippen LogP contribution is -2.19. The van der Waals surface area contributed by atoms with Gasteiger partial charge < -0.3 is 20.2 Å². The Labute approximate surface area is 73.1 Å². The highest BCUT2D eigenvalue weighted by Gasteiger charge is 1.91. The average molecular weight is 175 g/mol. The Morgan fingerprint density at radius 3 is 2.92 bits per heavy atom. The highest BCUT2D eigenvalue weighted by atomic mass is 16.7. The SMILES string of the molecule is COCOCCCN(C)C=NN. The van der Waals surface area contributed by atoms with Gasteiger partial charge >= 0.3 is 0 Å². The van der Waals surface area contributed by atoms with Crippen molar-refractivity contribution < 1.29 is 9.47 Å². The molecule has 0 amide bonds. The van der Waals surface area contributed by atoms with Crippen LogP contribution in [0.25, 0.3) is 0 Å². The third-order valence-corrected chi connectivity index (χ3v) is 1.26. The van der Waals surface area contributed by atoms with Gasteiger partial charge in [-0.2, -0.15) is 5.10 Å². The van der Waals surface area contributed by atoms with Gasteiger partial charge in [0, 0.05) is 20.7 Å². The first-order chi connectivity index (χ1) is 5.81. The summed E-state index contributed by atoms with van der Waals surface area (Å²) >= 11 is 0. The van der Waals surface area contributed by atoms with Gasteiger partial charge in [0.05, 0.1) is 6.61 Å². The molecule has 0 aromatic carbocycles. The van der Waals surface area contributed by atoms with Crippen LogP contribution in [-0.4, -0.2) is 45.3 Å². The molecule has 0 heterocycles. The molecule has 12 heavy (non-hydrogen) atoms. The van der Waals surface area contributed by atoms with Gasteiger partial charge in [0.25, 0.3) is 0 Å². The molecule has 2 N–H and O–H groups in total. The first-order valence-corrected chi connectivity index (χ1v) is 3.81. The molecule has 0 spiro atoms. The van der Waals surface area contributed by atoms with Crippen LogP contribution in [0.5, 0.6) is 0 Å². The normalized spacial score (nSPS) is 10.8. The maximum absolute atomic E-state index is 5.09. The largest absolute Gasteiger partial charge is 0.364 e. The number of hydrogen-bond acceptors (Lipinski definition) is 4. The number of methoxy groups -OCH3 is 1. The molecule has 0 radical (unpaired) electrons. The predicted octanol–water partition coefficient (Wildman–Crippen LogP) is -0.169. The maximum Gasteiger partial charge on any atom is 0.146 e. The number of nitrogens with two attached hydrogens (primary N) is 1. The number of nitrogens with zero attached hydrogens (tertiary/aromatic N) is 2. The van der Waals surface area contributed by atoms with E-state index in [0.717, 1.165) is 13.0 Å². The molecule has 0 aromatic heterocycles. The van der Waals surface area contributed by atoms with E-state index in [1.807, 2.05) is 11.9 Å². The van der Waals surface area contributed by atoms with Crippen molar-refractivity contribution >= 4 is 6.34 Å². The number of hydrazone groups is 1. The van der Waals surface area contributed by atoms with E-state index < -0.39 is 0 Å². The van der Waals surface area contributed by atoms with Gasteiger partial charge in [-0.1, -0.05) is 0 Å². The molecular weight excluding hydrogens is 158 g/mol. The summed E-state index contributed by atoms with van der Waals surface area (Å²) in [5, 5.41) is 3.39. The van der Waals surface area contributed by atoms with E-state index in [1.165, 1.54) is 0 Å². The Hall–Kier alpha value is -0.810. The molecule has 0 aliphatic rings. The van der Waals surface area contributed by atoms with Crippen molar-refractivity contribution in [3.05, 3.63) is 0 Å². The summed E-state index contributed by atoms with van der Waals surface area (Å²) in [4.78, 5) is 1.90. The van der Waals surface area contributed by atoms with Gasteiger partial charge in [-0.25, -0.2) is 0 Å². The highest BCUT2D eigenvalue weighted by molar-refractivity contribution is 5.53. The van der Waals surface area contributed by atoms with Crippen LogP contribution >= 0.6 is 0 Å². The van der Waals surface area contributed by atoms with Crippen molar-refractivity contribution in [1.29, 1.82) is 0 Å². The molecule has 0 atom stereocenters. The zero-order valence-electron chi connectivity index (χ0n) is 7.69. The van der Waals surface area contributed by atoms with Gasteiger partial charge in [-0.3, -0.25) is 0 Å². The summed E-state index contributed by atoms with van der Waals surface area (Å²) in [5.41, 5.74) is 0.